The van der Waals surface area contributed by atoms with Crippen LogP contribution < -0.4 is 4.74 Å². The first kappa shape index (κ1) is 18.7. The summed E-state index contributed by atoms with van der Waals surface area (Å²) in [6, 6.07) is 9.84. The summed E-state index contributed by atoms with van der Waals surface area (Å²) < 4.78 is 5.75. The van der Waals surface area contributed by atoms with Gasteiger partial charge in [-0.3, -0.25) is 14.5 Å². The molecule has 0 N–H and O–H groups in total. The van der Waals surface area contributed by atoms with Gasteiger partial charge in [0, 0.05) is 52.7 Å². The molecule has 0 radical (unpaired) electrons. The van der Waals surface area contributed by atoms with Crippen LogP contribution in [0.25, 0.3) is 0 Å². The van der Waals surface area contributed by atoms with Gasteiger partial charge in [0.15, 0.2) is 0 Å². The molecule has 2 saturated heterocycles. The maximum atomic E-state index is 12.8. The minimum Gasteiger partial charge on any atom is -0.492 e. The van der Waals surface area contributed by atoms with Crippen molar-refractivity contribution in [1.82, 2.24) is 14.7 Å². The summed E-state index contributed by atoms with van der Waals surface area (Å²) in [5.41, 5.74) is 0. The van der Waals surface area contributed by atoms with E-state index in [4.69, 9.17) is 4.74 Å². The Hall–Kier alpha value is -2.08. The van der Waals surface area contributed by atoms with Crippen molar-refractivity contribution in [2.24, 2.45) is 5.92 Å². The molecule has 3 rings (SSSR count). The summed E-state index contributed by atoms with van der Waals surface area (Å²) in [4.78, 5) is 30.5. The van der Waals surface area contributed by atoms with Gasteiger partial charge in [0.05, 0.1) is 5.92 Å². The monoisotopic (exact) mass is 359 g/mol. The second kappa shape index (κ2) is 9.03. The van der Waals surface area contributed by atoms with Crippen LogP contribution >= 0.6 is 0 Å². The molecule has 26 heavy (non-hydrogen) atoms. The van der Waals surface area contributed by atoms with E-state index in [1.54, 1.807) is 6.92 Å². The summed E-state index contributed by atoms with van der Waals surface area (Å²) in [6.07, 6.45) is 1.82. The third-order valence-electron chi connectivity index (χ3n) is 5.32. The Labute approximate surface area is 155 Å². The highest BCUT2D eigenvalue weighted by Gasteiger charge is 2.31. The van der Waals surface area contributed by atoms with E-state index in [9.17, 15) is 9.59 Å². The predicted molar refractivity (Wildman–Crippen MR) is 99.9 cm³/mol. The molecule has 0 aromatic heterocycles. The van der Waals surface area contributed by atoms with E-state index in [0.29, 0.717) is 13.2 Å². The Morgan fingerprint density at radius 3 is 2.46 bits per heavy atom. The van der Waals surface area contributed by atoms with Gasteiger partial charge in [0.25, 0.3) is 0 Å². The standard InChI is InChI=1S/C20H29N3O3/c1-17(24)23-9-5-6-18(16-23)20(25)22-12-10-21(11-13-22)14-15-26-19-7-3-2-4-8-19/h2-4,7-8,18H,5-6,9-16H2,1H3/t18-/m1/s1. The quantitative estimate of drug-likeness (QED) is 0.799. The highest BCUT2D eigenvalue weighted by atomic mass is 16.5. The number of hydrogen-bond acceptors (Lipinski definition) is 4. The number of nitrogens with zero attached hydrogens (tertiary/aromatic N) is 3. The molecular weight excluding hydrogens is 330 g/mol. The second-order valence-corrected chi connectivity index (χ2v) is 7.13. The number of benzene rings is 1. The van der Waals surface area contributed by atoms with Gasteiger partial charge in [-0.2, -0.15) is 0 Å². The van der Waals surface area contributed by atoms with E-state index >= 15 is 0 Å². The van der Waals surface area contributed by atoms with Crippen LogP contribution in [0.15, 0.2) is 30.3 Å². The molecule has 6 nitrogen and oxygen atoms in total. The summed E-state index contributed by atoms with van der Waals surface area (Å²) in [7, 11) is 0. The Morgan fingerprint density at radius 2 is 1.77 bits per heavy atom. The number of carbonyl (C=O) groups is 2. The molecule has 0 aliphatic carbocycles. The van der Waals surface area contributed by atoms with E-state index in [-0.39, 0.29) is 17.7 Å². The summed E-state index contributed by atoms with van der Waals surface area (Å²) >= 11 is 0. The van der Waals surface area contributed by atoms with Crippen LogP contribution in [0.1, 0.15) is 19.8 Å². The van der Waals surface area contributed by atoms with Crippen molar-refractivity contribution >= 4 is 11.8 Å². The van der Waals surface area contributed by atoms with Crippen molar-refractivity contribution in [2.75, 3.05) is 52.4 Å². The zero-order valence-corrected chi connectivity index (χ0v) is 15.6. The van der Waals surface area contributed by atoms with Gasteiger partial charge in [-0.15, -0.1) is 0 Å². The van der Waals surface area contributed by atoms with Crippen LogP contribution in [0.5, 0.6) is 5.75 Å². The molecular formula is C20H29N3O3. The molecule has 6 heteroatoms. The molecule has 2 aliphatic rings. The summed E-state index contributed by atoms with van der Waals surface area (Å²) in [5, 5.41) is 0. The van der Waals surface area contributed by atoms with Gasteiger partial charge >= 0.3 is 0 Å². The maximum absolute atomic E-state index is 12.8. The van der Waals surface area contributed by atoms with Gasteiger partial charge in [0.2, 0.25) is 11.8 Å². The predicted octanol–water partition coefficient (Wildman–Crippen LogP) is 1.47. The fraction of sp³-hybridized carbons (Fsp3) is 0.600. The first-order valence-electron chi connectivity index (χ1n) is 9.58. The average Bonchev–Trinajstić information content (AvgIpc) is 2.69. The first-order chi connectivity index (χ1) is 12.6. The number of para-hydroxylation sites is 1. The number of hydrogen-bond donors (Lipinski definition) is 0. The van der Waals surface area contributed by atoms with E-state index in [1.165, 1.54) is 0 Å². The van der Waals surface area contributed by atoms with Gasteiger partial charge in [-0.1, -0.05) is 18.2 Å². The minimum atomic E-state index is -0.0272. The average molecular weight is 359 g/mol. The maximum Gasteiger partial charge on any atom is 0.227 e. The van der Waals surface area contributed by atoms with Gasteiger partial charge in [-0.25, -0.2) is 0 Å². The number of piperazine rings is 1. The lowest BCUT2D eigenvalue weighted by Crippen LogP contribution is -2.53. The van der Waals surface area contributed by atoms with E-state index in [2.05, 4.69) is 4.90 Å². The molecule has 0 spiro atoms. The molecule has 1 aromatic carbocycles. The lowest BCUT2D eigenvalue weighted by Gasteiger charge is -2.38. The number of amides is 2. The van der Waals surface area contributed by atoms with Crippen LogP contribution in [-0.2, 0) is 9.59 Å². The lowest BCUT2D eigenvalue weighted by molar-refractivity contribution is -0.141. The fourth-order valence-electron chi connectivity index (χ4n) is 3.72. The third-order valence-corrected chi connectivity index (χ3v) is 5.32. The molecule has 0 unspecified atom stereocenters. The van der Waals surface area contributed by atoms with Crippen LogP contribution in [0.2, 0.25) is 0 Å². The molecule has 0 saturated carbocycles. The molecule has 0 bridgehead atoms. The topological polar surface area (TPSA) is 53.1 Å². The Balaban J connectivity index is 1.39. The normalized spacial score (nSPS) is 21.5. The first-order valence-corrected chi connectivity index (χ1v) is 9.58. The highest BCUT2D eigenvalue weighted by molar-refractivity contribution is 5.81. The second-order valence-electron chi connectivity index (χ2n) is 7.13. The van der Waals surface area contributed by atoms with Crippen molar-refractivity contribution in [3.05, 3.63) is 30.3 Å². The van der Waals surface area contributed by atoms with Crippen molar-refractivity contribution in [3.8, 4) is 5.75 Å². The smallest absolute Gasteiger partial charge is 0.227 e. The molecule has 1 atom stereocenters. The largest absolute Gasteiger partial charge is 0.492 e. The Morgan fingerprint density at radius 1 is 1.04 bits per heavy atom. The summed E-state index contributed by atoms with van der Waals surface area (Å²) in [5.74, 6) is 1.16. The van der Waals surface area contributed by atoms with Gasteiger partial charge < -0.3 is 14.5 Å². The fourth-order valence-corrected chi connectivity index (χ4v) is 3.72. The van der Waals surface area contributed by atoms with Crippen LogP contribution in [0, 0.1) is 5.92 Å². The van der Waals surface area contributed by atoms with E-state index in [0.717, 1.165) is 57.9 Å². The van der Waals surface area contributed by atoms with Crippen LogP contribution in [0.3, 0.4) is 0 Å². The van der Waals surface area contributed by atoms with E-state index < -0.39 is 0 Å². The van der Waals surface area contributed by atoms with Gasteiger partial charge in [0.1, 0.15) is 12.4 Å². The number of piperidine rings is 1. The van der Waals surface area contributed by atoms with Crippen molar-refractivity contribution in [2.45, 2.75) is 19.8 Å². The number of likely N-dealkylation sites (tertiary alicyclic amines) is 1. The lowest BCUT2D eigenvalue weighted by atomic mass is 9.96. The molecule has 2 fully saturated rings. The zero-order valence-electron chi connectivity index (χ0n) is 15.6. The van der Waals surface area contributed by atoms with Crippen molar-refractivity contribution in [3.63, 3.8) is 0 Å². The number of rotatable bonds is 5. The molecule has 2 aliphatic heterocycles. The molecule has 1 aromatic rings. The number of carbonyl (C=O) groups excluding carboxylic acids is 2. The van der Waals surface area contributed by atoms with Crippen LogP contribution in [-0.4, -0.2) is 78.9 Å². The Bertz CT molecular complexity index is 600. The molecule has 142 valence electrons. The van der Waals surface area contributed by atoms with Crippen molar-refractivity contribution < 1.29 is 14.3 Å². The third kappa shape index (κ3) is 4.97. The van der Waals surface area contributed by atoms with Crippen LogP contribution in [0.4, 0.5) is 0 Å². The number of ether oxygens (including phenoxy) is 1. The molecule has 2 heterocycles. The zero-order chi connectivity index (χ0) is 18.4. The molecule has 2 amide bonds. The minimum absolute atomic E-state index is 0.0272. The van der Waals surface area contributed by atoms with Crippen molar-refractivity contribution in [1.29, 1.82) is 0 Å². The Kier molecular flexibility index (Phi) is 6.50. The van der Waals surface area contributed by atoms with E-state index in [1.807, 2.05) is 40.1 Å². The summed E-state index contributed by atoms with van der Waals surface area (Å²) in [6.45, 7) is 7.78. The van der Waals surface area contributed by atoms with Gasteiger partial charge in [-0.05, 0) is 25.0 Å². The highest BCUT2D eigenvalue weighted by Crippen LogP contribution is 2.20. The SMILES string of the molecule is CC(=O)N1CCC[C@@H](C(=O)N2CCN(CCOc3ccccc3)CC2)C1.